The summed E-state index contributed by atoms with van der Waals surface area (Å²) in [5.74, 6) is 0.219. The largest absolute Gasteiger partial charge is 0.337 e. The van der Waals surface area contributed by atoms with Crippen molar-refractivity contribution in [3.63, 3.8) is 0 Å². The Hall–Kier alpha value is -0.430. The van der Waals surface area contributed by atoms with Crippen molar-refractivity contribution in [1.29, 1.82) is 0 Å². The van der Waals surface area contributed by atoms with Crippen molar-refractivity contribution < 1.29 is 4.79 Å². The number of carbonyl (C=O) groups is 1. The van der Waals surface area contributed by atoms with Crippen molar-refractivity contribution in [3.05, 3.63) is 20.8 Å². The van der Waals surface area contributed by atoms with Gasteiger partial charge in [0.2, 0.25) is 5.91 Å². The first-order chi connectivity index (χ1) is 9.92. The highest BCUT2D eigenvalue weighted by atomic mass is 79.9. The summed E-state index contributed by atoms with van der Waals surface area (Å²) < 4.78 is 1.12. The van der Waals surface area contributed by atoms with Crippen LogP contribution >= 0.6 is 27.3 Å². The lowest BCUT2D eigenvalue weighted by molar-refractivity contribution is -0.134. The Labute approximate surface area is 139 Å². The molecule has 1 aliphatic rings. The fourth-order valence-corrected chi connectivity index (χ4v) is 4.08. The molecule has 2 rings (SSSR count). The van der Waals surface area contributed by atoms with E-state index in [-0.39, 0.29) is 11.4 Å². The van der Waals surface area contributed by atoms with E-state index in [0.717, 1.165) is 30.0 Å². The normalized spacial score (nSPS) is 18.7. The number of hydrogen-bond acceptors (Lipinski definition) is 4. The third kappa shape index (κ3) is 4.52. The third-order valence-corrected chi connectivity index (χ3v) is 5.62. The number of nitrogens with zero attached hydrogens (tertiary/aromatic N) is 2. The van der Waals surface area contributed by atoms with Gasteiger partial charge in [0.05, 0.1) is 16.9 Å². The SMILES string of the molecule is CCN(Cc1ccc(Br)s1)C(=O)CN1CCNCC1(C)C. The van der Waals surface area contributed by atoms with Gasteiger partial charge >= 0.3 is 0 Å². The van der Waals surface area contributed by atoms with Gasteiger partial charge in [0.1, 0.15) is 0 Å². The van der Waals surface area contributed by atoms with Crippen LogP contribution in [0.3, 0.4) is 0 Å². The van der Waals surface area contributed by atoms with Crippen LogP contribution < -0.4 is 5.32 Å². The Morgan fingerprint density at radius 1 is 1.52 bits per heavy atom. The van der Waals surface area contributed by atoms with Gasteiger partial charge in [-0.25, -0.2) is 0 Å². The maximum absolute atomic E-state index is 12.6. The zero-order chi connectivity index (χ0) is 15.5. The Kier molecular flexibility index (Phi) is 5.82. The Bertz CT molecular complexity index is 489. The minimum absolute atomic E-state index is 0.0410. The molecule has 0 saturated carbocycles. The summed E-state index contributed by atoms with van der Waals surface area (Å²) in [4.78, 5) is 18.0. The molecular formula is C15H24BrN3OS. The number of thiophene rings is 1. The van der Waals surface area contributed by atoms with E-state index < -0.39 is 0 Å². The van der Waals surface area contributed by atoms with Gasteiger partial charge in [0, 0.05) is 36.6 Å². The molecule has 1 aromatic heterocycles. The molecule has 0 unspecified atom stereocenters. The van der Waals surface area contributed by atoms with Crippen LogP contribution in [-0.4, -0.2) is 54.0 Å². The van der Waals surface area contributed by atoms with E-state index in [1.54, 1.807) is 11.3 Å². The average molecular weight is 374 g/mol. The molecule has 0 aromatic carbocycles. The van der Waals surface area contributed by atoms with Crippen LogP contribution in [0, 0.1) is 0 Å². The van der Waals surface area contributed by atoms with Crippen molar-refractivity contribution >= 4 is 33.2 Å². The van der Waals surface area contributed by atoms with Crippen LogP contribution in [0.25, 0.3) is 0 Å². The van der Waals surface area contributed by atoms with Crippen molar-refractivity contribution in [2.75, 3.05) is 32.7 Å². The van der Waals surface area contributed by atoms with Crippen molar-refractivity contribution in [2.45, 2.75) is 32.9 Å². The minimum atomic E-state index is 0.0410. The smallest absolute Gasteiger partial charge is 0.237 e. The van der Waals surface area contributed by atoms with Crippen molar-refractivity contribution in [1.82, 2.24) is 15.1 Å². The van der Waals surface area contributed by atoms with Crippen molar-refractivity contribution in [3.8, 4) is 0 Å². The Balaban J connectivity index is 1.96. The summed E-state index contributed by atoms with van der Waals surface area (Å²) in [7, 11) is 0. The number of likely N-dealkylation sites (N-methyl/N-ethyl adjacent to an activating group) is 1. The quantitative estimate of drug-likeness (QED) is 0.861. The van der Waals surface area contributed by atoms with E-state index in [9.17, 15) is 4.79 Å². The molecule has 1 saturated heterocycles. The van der Waals surface area contributed by atoms with Crippen LogP contribution in [-0.2, 0) is 11.3 Å². The molecule has 0 atom stereocenters. The lowest BCUT2D eigenvalue weighted by Crippen LogP contribution is -2.60. The number of hydrogen-bond donors (Lipinski definition) is 1. The summed E-state index contributed by atoms with van der Waals surface area (Å²) in [5, 5.41) is 3.39. The Morgan fingerprint density at radius 2 is 2.29 bits per heavy atom. The van der Waals surface area contributed by atoms with Gasteiger partial charge in [-0.2, -0.15) is 0 Å². The monoisotopic (exact) mass is 373 g/mol. The highest BCUT2D eigenvalue weighted by Gasteiger charge is 2.31. The highest BCUT2D eigenvalue weighted by Crippen LogP contribution is 2.23. The Morgan fingerprint density at radius 3 is 2.86 bits per heavy atom. The van der Waals surface area contributed by atoms with E-state index in [4.69, 9.17) is 0 Å². The molecule has 4 nitrogen and oxygen atoms in total. The molecule has 1 aliphatic heterocycles. The first kappa shape index (κ1) is 16.9. The zero-order valence-electron chi connectivity index (χ0n) is 13.0. The second kappa shape index (κ2) is 7.22. The number of piperazine rings is 1. The first-order valence-corrected chi connectivity index (χ1v) is 9.01. The third-order valence-electron chi connectivity index (χ3n) is 4.01. The highest BCUT2D eigenvalue weighted by molar-refractivity contribution is 9.11. The van der Waals surface area contributed by atoms with Gasteiger partial charge in [0.15, 0.2) is 0 Å². The molecule has 0 aliphatic carbocycles. The predicted octanol–water partition coefficient (Wildman–Crippen LogP) is 2.54. The van der Waals surface area contributed by atoms with E-state index in [1.165, 1.54) is 4.88 Å². The lowest BCUT2D eigenvalue weighted by atomic mass is 10.0. The van der Waals surface area contributed by atoms with Crippen LogP contribution in [0.5, 0.6) is 0 Å². The van der Waals surface area contributed by atoms with E-state index in [2.05, 4.69) is 46.1 Å². The summed E-state index contributed by atoms with van der Waals surface area (Å²) in [6.07, 6.45) is 0. The molecule has 0 spiro atoms. The van der Waals surface area contributed by atoms with E-state index in [1.807, 2.05) is 17.9 Å². The molecule has 0 radical (unpaired) electrons. The number of nitrogens with one attached hydrogen (secondary N) is 1. The van der Waals surface area contributed by atoms with Gasteiger partial charge in [-0.3, -0.25) is 9.69 Å². The molecule has 118 valence electrons. The second-order valence-electron chi connectivity index (χ2n) is 6.02. The standard InChI is InChI=1S/C15H24BrN3OS/c1-4-18(9-12-5-6-13(16)21-12)14(20)10-19-8-7-17-11-15(19,2)3/h5-6,17H,4,7-11H2,1-3H3. The number of rotatable bonds is 5. The number of carbonyl (C=O) groups excluding carboxylic acids is 1. The summed E-state index contributed by atoms with van der Waals surface area (Å²) in [6, 6.07) is 4.12. The second-order valence-corrected chi connectivity index (χ2v) is 8.57. The number of amides is 1. The van der Waals surface area contributed by atoms with Crippen LogP contribution in [0.2, 0.25) is 0 Å². The molecule has 0 bridgehead atoms. The zero-order valence-corrected chi connectivity index (χ0v) is 15.4. The first-order valence-electron chi connectivity index (χ1n) is 7.40. The summed E-state index contributed by atoms with van der Waals surface area (Å²) in [6.45, 7) is 11.2. The maximum atomic E-state index is 12.6. The average Bonchev–Trinajstić information content (AvgIpc) is 2.83. The fourth-order valence-electron chi connectivity index (χ4n) is 2.58. The molecule has 1 aromatic rings. The van der Waals surface area contributed by atoms with E-state index >= 15 is 0 Å². The lowest BCUT2D eigenvalue weighted by Gasteiger charge is -2.43. The molecule has 21 heavy (non-hydrogen) atoms. The van der Waals surface area contributed by atoms with Gasteiger partial charge in [-0.15, -0.1) is 11.3 Å². The molecule has 1 fully saturated rings. The van der Waals surface area contributed by atoms with E-state index in [0.29, 0.717) is 13.1 Å². The predicted molar refractivity (Wildman–Crippen MR) is 91.6 cm³/mol. The van der Waals surface area contributed by atoms with Gasteiger partial charge < -0.3 is 10.2 Å². The summed E-state index contributed by atoms with van der Waals surface area (Å²) in [5.41, 5.74) is 0.0410. The molecule has 2 heterocycles. The molecular weight excluding hydrogens is 350 g/mol. The van der Waals surface area contributed by atoms with Crippen LogP contribution in [0.1, 0.15) is 25.6 Å². The minimum Gasteiger partial charge on any atom is -0.337 e. The fraction of sp³-hybridized carbons (Fsp3) is 0.667. The number of halogens is 1. The maximum Gasteiger partial charge on any atom is 0.237 e. The van der Waals surface area contributed by atoms with Crippen molar-refractivity contribution in [2.24, 2.45) is 0 Å². The van der Waals surface area contributed by atoms with Crippen LogP contribution in [0.4, 0.5) is 0 Å². The van der Waals surface area contributed by atoms with Crippen LogP contribution in [0.15, 0.2) is 15.9 Å². The topological polar surface area (TPSA) is 35.6 Å². The van der Waals surface area contributed by atoms with Gasteiger partial charge in [-0.05, 0) is 48.8 Å². The summed E-state index contributed by atoms with van der Waals surface area (Å²) >= 11 is 5.17. The van der Waals surface area contributed by atoms with Gasteiger partial charge in [-0.1, -0.05) is 0 Å². The molecule has 1 N–H and O–H groups in total. The van der Waals surface area contributed by atoms with Gasteiger partial charge in [0.25, 0.3) is 0 Å². The molecule has 1 amide bonds. The molecule has 6 heteroatoms.